The molecular formula is C11H11NO2. The zero-order valence-corrected chi connectivity index (χ0v) is 8.15. The number of hydrogen-bond donors (Lipinski definition) is 0. The van der Waals surface area contributed by atoms with E-state index in [9.17, 15) is 4.79 Å². The molecule has 0 amide bonds. The zero-order chi connectivity index (χ0) is 10.6. The van der Waals surface area contributed by atoms with E-state index in [0.717, 1.165) is 5.56 Å². The summed E-state index contributed by atoms with van der Waals surface area (Å²) in [4.78, 5) is 10.8. The molecule has 3 nitrogen and oxygen atoms in total. The second kappa shape index (κ2) is 4.43. The van der Waals surface area contributed by atoms with Gasteiger partial charge in [0.1, 0.15) is 5.75 Å². The third kappa shape index (κ3) is 2.33. The van der Waals surface area contributed by atoms with Gasteiger partial charge >= 0.3 is 5.97 Å². The molecule has 0 atom stereocenters. The molecule has 0 unspecified atom stereocenters. The molecule has 0 spiro atoms. The van der Waals surface area contributed by atoms with Crippen LogP contribution in [0.25, 0.3) is 0 Å². The molecule has 0 N–H and O–H groups in total. The maximum absolute atomic E-state index is 10.8. The van der Waals surface area contributed by atoms with Gasteiger partial charge in [0, 0.05) is 0 Å². The monoisotopic (exact) mass is 189 g/mol. The number of hydrogen-bond acceptors (Lipinski definition) is 3. The normalized spacial score (nSPS) is 9.57. The van der Waals surface area contributed by atoms with Gasteiger partial charge in [-0.2, -0.15) is 5.26 Å². The van der Waals surface area contributed by atoms with Gasteiger partial charge in [-0.05, 0) is 17.5 Å². The molecule has 72 valence electrons. The van der Waals surface area contributed by atoms with E-state index in [1.54, 1.807) is 12.1 Å². The lowest BCUT2D eigenvalue weighted by atomic mass is 10.0. The van der Waals surface area contributed by atoms with Gasteiger partial charge in [-0.1, -0.05) is 32.0 Å². The number of para-hydroxylation sites is 1. The van der Waals surface area contributed by atoms with Crippen LogP contribution in [-0.4, -0.2) is 5.97 Å². The van der Waals surface area contributed by atoms with Gasteiger partial charge in [-0.25, -0.2) is 4.79 Å². The molecule has 0 fully saturated rings. The number of benzene rings is 1. The third-order valence-electron chi connectivity index (χ3n) is 1.83. The second-order valence-electron chi connectivity index (χ2n) is 3.19. The molecular weight excluding hydrogens is 178 g/mol. The number of rotatable bonds is 2. The number of nitriles is 1. The van der Waals surface area contributed by atoms with Crippen molar-refractivity contribution in [2.45, 2.75) is 19.8 Å². The van der Waals surface area contributed by atoms with Crippen molar-refractivity contribution in [3.05, 3.63) is 29.8 Å². The highest BCUT2D eigenvalue weighted by molar-refractivity contribution is 5.87. The Morgan fingerprint density at radius 1 is 1.43 bits per heavy atom. The van der Waals surface area contributed by atoms with Crippen LogP contribution in [0.3, 0.4) is 0 Å². The summed E-state index contributed by atoms with van der Waals surface area (Å²) >= 11 is 0. The van der Waals surface area contributed by atoms with Crippen molar-refractivity contribution < 1.29 is 9.53 Å². The van der Waals surface area contributed by atoms with Gasteiger partial charge in [-0.3, -0.25) is 0 Å². The molecule has 0 bridgehead atoms. The quantitative estimate of drug-likeness (QED) is 0.407. The van der Waals surface area contributed by atoms with Gasteiger partial charge in [0.25, 0.3) is 0 Å². The summed E-state index contributed by atoms with van der Waals surface area (Å²) in [5.41, 5.74) is 0.927. The number of esters is 1. The SMILES string of the molecule is CC(C)c1ccccc1OC(=O)C#N. The Morgan fingerprint density at radius 3 is 2.64 bits per heavy atom. The van der Waals surface area contributed by atoms with E-state index >= 15 is 0 Å². The van der Waals surface area contributed by atoms with Crippen LogP contribution in [0, 0.1) is 11.3 Å². The van der Waals surface area contributed by atoms with E-state index < -0.39 is 5.97 Å². The van der Waals surface area contributed by atoms with E-state index in [2.05, 4.69) is 0 Å². The van der Waals surface area contributed by atoms with E-state index in [1.807, 2.05) is 26.0 Å². The molecule has 14 heavy (non-hydrogen) atoms. The van der Waals surface area contributed by atoms with Crippen LogP contribution < -0.4 is 4.74 Å². The lowest BCUT2D eigenvalue weighted by Crippen LogP contribution is -2.06. The summed E-state index contributed by atoms with van der Waals surface area (Å²) in [5, 5.41) is 8.30. The Balaban J connectivity index is 2.97. The summed E-state index contributed by atoms with van der Waals surface area (Å²) in [7, 11) is 0. The fourth-order valence-electron chi connectivity index (χ4n) is 1.17. The molecule has 3 heteroatoms. The van der Waals surface area contributed by atoms with E-state index in [4.69, 9.17) is 10.00 Å². The fourth-order valence-corrected chi connectivity index (χ4v) is 1.17. The predicted molar refractivity (Wildman–Crippen MR) is 51.8 cm³/mol. The Kier molecular flexibility index (Phi) is 3.24. The van der Waals surface area contributed by atoms with E-state index in [1.165, 1.54) is 6.07 Å². The Labute approximate surface area is 82.9 Å². The van der Waals surface area contributed by atoms with Crippen LogP contribution >= 0.6 is 0 Å². The molecule has 0 aliphatic rings. The van der Waals surface area contributed by atoms with Crippen molar-refractivity contribution in [2.75, 3.05) is 0 Å². The maximum atomic E-state index is 10.8. The summed E-state index contributed by atoms with van der Waals surface area (Å²) < 4.78 is 4.86. The number of ether oxygens (including phenoxy) is 1. The summed E-state index contributed by atoms with van der Waals surface area (Å²) in [6.45, 7) is 4.00. The highest BCUT2D eigenvalue weighted by Gasteiger charge is 2.09. The molecule has 0 aliphatic carbocycles. The van der Waals surface area contributed by atoms with Gasteiger partial charge in [0.15, 0.2) is 6.07 Å². The zero-order valence-electron chi connectivity index (χ0n) is 8.15. The molecule has 0 saturated heterocycles. The minimum atomic E-state index is -0.877. The first-order valence-corrected chi connectivity index (χ1v) is 4.36. The van der Waals surface area contributed by atoms with Crippen molar-refractivity contribution in [1.29, 1.82) is 5.26 Å². The average Bonchev–Trinajstić information content (AvgIpc) is 2.18. The Hall–Kier alpha value is -1.82. The third-order valence-corrected chi connectivity index (χ3v) is 1.83. The average molecular weight is 189 g/mol. The molecule has 1 rings (SSSR count). The summed E-state index contributed by atoms with van der Waals surface area (Å²) in [5.74, 6) is -0.148. The second-order valence-corrected chi connectivity index (χ2v) is 3.19. The Morgan fingerprint density at radius 2 is 2.07 bits per heavy atom. The highest BCUT2D eigenvalue weighted by Crippen LogP contribution is 2.25. The fraction of sp³-hybridized carbons (Fsp3) is 0.273. The molecule has 0 heterocycles. The van der Waals surface area contributed by atoms with Crippen molar-refractivity contribution >= 4 is 5.97 Å². The molecule has 0 radical (unpaired) electrons. The maximum Gasteiger partial charge on any atom is 0.416 e. The van der Waals surface area contributed by atoms with Crippen LogP contribution in [0.2, 0.25) is 0 Å². The van der Waals surface area contributed by atoms with Crippen LogP contribution in [0.4, 0.5) is 0 Å². The highest BCUT2D eigenvalue weighted by atomic mass is 16.5. The van der Waals surface area contributed by atoms with Crippen LogP contribution in [0.1, 0.15) is 25.3 Å². The van der Waals surface area contributed by atoms with Crippen LogP contribution in [0.5, 0.6) is 5.75 Å². The smallest absolute Gasteiger partial charge is 0.415 e. The van der Waals surface area contributed by atoms with Gasteiger partial charge in [0.2, 0.25) is 0 Å². The van der Waals surface area contributed by atoms with Gasteiger partial charge in [0.05, 0.1) is 0 Å². The lowest BCUT2D eigenvalue weighted by Gasteiger charge is -2.10. The molecule has 1 aromatic carbocycles. The van der Waals surface area contributed by atoms with Crippen molar-refractivity contribution in [3.63, 3.8) is 0 Å². The number of nitrogens with zero attached hydrogens (tertiary/aromatic N) is 1. The summed E-state index contributed by atoms with van der Waals surface area (Å²) in [6, 6.07) is 8.63. The first kappa shape index (κ1) is 10.3. The Bertz CT molecular complexity index is 377. The molecule has 0 aliphatic heterocycles. The van der Waals surface area contributed by atoms with Gasteiger partial charge < -0.3 is 4.74 Å². The summed E-state index contributed by atoms with van der Waals surface area (Å²) in [6.07, 6.45) is 0. The van der Waals surface area contributed by atoms with Crippen LogP contribution in [0.15, 0.2) is 24.3 Å². The lowest BCUT2D eigenvalue weighted by molar-refractivity contribution is -0.128. The van der Waals surface area contributed by atoms with Crippen molar-refractivity contribution in [1.82, 2.24) is 0 Å². The van der Waals surface area contributed by atoms with Crippen molar-refractivity contribution in [3.8, 4) is 11.8 Å². The first-order chi connectivity index (χ1) is 6.65. The minimum Gasteiger partial charge on any atom is -0.415 e. The van der Waals surface area contributed by atoms with Gasteiger partial charge in [-0.15, -0.1) is 0 Å². The number of carbonyl (C=O) groups is 1. The molecule has 0 aromatic heterocycles. The largest absolute Gasteiger partial charge is 0.416 e. The minimum absolute atomic E-state index is 0.262. The van der Waals surface area contributed by atoms with Crippen molar-refractivity contribution in [2.24, 2.45) is 0 Å². The predicted octanol–water partition coefficient (Wildman–Crippen LogP) is 2.24. The first-order valence-electron chi connectivity index (χ1n) is 4.36. The molecule has 0 saturated carbocycles. The van der Waals surface area contributed by atoms with E-state index in [0.29, 0.717) is 5.75 Å². The topological polar surface area (TPSA) is 50.1 Å². The standard InChI is InChI=1S/C11H11NO2/c1-8(2)9-5-3-4-6-10(9)14-11(13)7-12/h3-6,8H,1-2H3. The number of carbonyl (C=O) groups excluding carboxylic acids is 1. The van der Waals surface area contributed by atoms with E-state index in [-0.39, 0.29) is 5.92 Å². The molecule has 1 aromatic rings. The van der Waals surface area contributed by atoms with Crippen LogP contribution in [-0.2, 0) is 4.79 Å².